The highest BCUT2D eigenvalue weighted by atomic mass is 32.1. The van der Waals surface area contributed by atoms with E-state index in [0.29, 0.717) is 12.3 Å². The van der Waals surface area contributed by atoms with Crippen LogP contribution in [0.2, 0.25) is 0 Å². The summed E-state index contributed by atoms with van der Waals surface area (Å²) in [4.78, 5) is 17.2. The van der Waals surface area contributed by atoms with E-state index in [-0.39, 0.29) is 5.97 Å². The molecule has 0 atom stereocenters. The molecule has 21 heavy (non-hydrogen) atoms. The van der Waals surface area contributed by atoms with Crippen molar-refractivity contribution < 1.29 is 13.9 Å². The third-order valence-electron chi connectivity index (χ3n) is 3.25. The van der Waals surface area contributed by atoms with Crippen LogP contribution in [-0.4, -0.2) is 17.6 Å². The van der Waals surface area contributed by atoms with Gasteiger partial charge in [-0.3, -0.25) is 0 Å². The molecule has 0 amide bonds. The van der Waals surface area contributed by atoms with Gasteiger partial charge < -0.3 is 9.15 Å². The molecule has 0 bridgehead atoms. The van der Waals surface area contributed by atoms with Gasteiger partial charge in [-0.25, -0.2) is 9.78 Å². The Morgan fingerprint density at radius 2 is 2.10 bits per heavy atom. The zero-order valence-corrected chi connectivity index (χ0v) is 12.9. The second kappa shape index (κ2) is 5.33. The molecular weight excluding hydrogens is 286 g/mol. The molecule has 4 nitrogen and oxygen atoms in total. The van der Waals surface area contributed by atoms with Crippen LogP contribution in [0.4, 0.5) is 0 Å². The fourth-order valence-corrected chi connectivity index (χ4v) is 3.33. The van der Waals surface area contributed by atoms with Gasteiger partial charge in [0.2, 0.25) is 0 Å². The van der Waals surface area contributed by atoms with Gasteiger partial charge in [-0.1, -0.05) is 18.2 Å². The Kier molecular flexibility index (Phi) is 3.51. The van der Waals surface area contributed by atoms with Crippen molar-refractivity contribution in [2.75, 3.05) is 6.61 Å². The standard InChI is InChI=1S/C16H15NO3S/c1-4-19-16(18)14-10(3)21-15(17-14)13-9(2)20-12-8-6-5-7-11(12)13/h5-8H,4H2,1-3H3. The van der Waals surface area contributed by atoms with E-state index >= 15 is 0 Å². The van der Waals surface area contributed by atoms with E-state index in [1.165, 1.54) is 11.3 Å². The minimum Gasteiger partial charge on any atom is -0.461 e. The fourth-order valence-electron chi connectivity index (χ4n) is 2.33. The average Bonchev–Trinajstić information content (AvgIpc) is 2.98. The predicted octanol–water partition coefficient (Wildman–Crippen LogP) is 4.35. The third-order valence-corrected chi connectivity index (χ3v) is 4.24. The maximum atomic E-state index is 11.9. The van der Waals surface area contributed by atoms with Crippen molar-refractivity contribution in [3.05, 3.63) is 40.6 Å². The number of furan rings is 1. The number of esters is 1. The van der Waals surface area contributed by atoms with Crippen molar-refractivity contribution in [3.8, 4) is 10.6 Å². The van der Waals surface area contributed by atoms with Crippen LogP contribution in [0.25, 0.3) is 21.5 Å². The first-order valence-electron chi connectivity index (χ1n) is 6.75. The molecule has 0 aliphatic rings. The van der Waals surface area contributed by atoms with Crippen LogP contribution in [0.1, 0.15) is 28.0 Å². The first-order chi connectivity index (χ1) is 10.1. The maximum absolute atomic E-state index is 11.9. The smallest absolute Gasteiger partial charge is 0.358 e. The molecule has 3 aromatic rings. The number of aryl methyl sites for hydroxylation is 2. The van der Waals surface area contributed by atoms with Crippen molar-refractivity contribution in [3.63, 3.8) is 0 Å². The van der Waals surface area contributed by atoms with Gasteiger partial charge in [0.1, 0.15) is 16.4 Å². The number of fused-ring (bicyclic) bond motifs is 1. The number of carbonyl (C=O) groups is 1. The first kappa shape index (κ1) is 13.8. The largest absolute Gasteiger partial charge is 0.461 e. The SMILES string of the molecule is CCOC(=O)c1nc(-c2c(C)oc3ccccc23)sc1C. The number of rotatable bonds is 3. The molecule has 0 aliphatic carbocycles. The van der Waals surface area contributed by atoms with Crippen LogP contribution < -0.4 is 0 Å². The number of carbonyl (C=O) groups excluding carboxylic acids is 1. The number of para-hydroxylation sites is 1. The normalized spacial score (nSPS) is 11.0. The van der Waals surface area contributed by atoms with Gasteiger partial charge in [-0.05, 0) is 26.8 Å². The van der Waals surface area contributed by atoms with Crippen molar-refractivity contribution in [1.82, 2.24) is 4.98 Å². The summed E-state index contributed by atoms with van der Waals surface area (Å²) in [5, 5.41) is 1.80. The Bertz CT molecular complexity index is 816. The maximum Gasteiger partial charge on any atom is 0.358 e. The molecular formula is C16H15NO3S. The third kappa shape index (κ3) is 2.34. The summed E-state index contributed by atoms with van der Waals surface area (Å²) >= 11 is 1.48. The van der Waals surface area contributed by atoms with Gasteiger partial charge in [0.15, 0.2) is 5.69 Å². The van der Waals surface area contributed by atoms with Crippen molar-refractivity contribution in [1.29, 1.82) is 0 Å². The van der Waals surface area contributed by atoms with E-state index in [1.807, 2.05) is 38.1 Å². The number of thiazole rings is 1. The molecule has 0 unspecified atom stereocenters. The second-order valence-electron chi connectivity index (χ2n) is 4.67. The van der Waals surface area contributed by atoms with Crippen LogP contribution in [0, 0.1) is 13.8 Å². The van der Waals surface area contributed by atoms with E-state index in [9.17, 15) is 4.79 Å². The average molecular weight is 301 g/mol. The fraction of sp³-hybridized carbons (Fsp3) is 0.250. The summed E-state index contributed by atoms with van der Waals surface area (Å²) in [5.41, 5.74) is 2.17. The molecule has 2 aromatic heterocycles. The van der Waals surface area contributed by atoms with E-state index in [4.69, 9.17) is 9.15 Å². The number of ether oxygens (including phenoxy) is 1. The highest BCUT2D eigenvalue weighted by molar-refractivity contribution is 7.15. The Balaban J connectivity index is 2.14. The summed E-state index contributed by atoms with van der Waals surface area (Å²) in [7, 11) is 0. The molecule has 0 N–H and O–H groups in total. The highest BCUT2D eigenvalue weighted by Crippen LogP contribution is 2.37. The minimum atomic E-state index is -0.372. The van der Waals surface area contributed by atoms with E-state index < -0.39 is 0 Å². The van der Waals surface area contributed by atoms with Gasteiger partial charge in [0.25, 0.3) is 0 Å². The predicted molar refractivity (Wildman–Crippen MR) is 82.8 cm³/mol. The van der Waals surface area contributed by atoms with Gasteiger partial charge in [-0.15, -0.1) is 11.3 Å². The molecule has 0 saturated heterocycles. The zero-order valence-electron chi connectivity index (χ0n) is 12.1. The summed E-state index contributed by atoms with van der Waals surface area (Å²) in [6.45, 7) is 5.92. The Morgan fingerprint density at radius 1 is 1.33 bits per heavy atom. The zero-order chi connectivity index (χ0) is 15.0. The van der Waals surface area contributed by atoms with E-state index in [0.717, 1.165) is 32.2 Å². The van der Waals surface area contributed by atoms with Gasteiger partial charge in [0.05, 0.1) is 12.2 Å². The van der Waals surface area contributed by atoms with Gasteiger partial charge in [0, 0.05) is 10.3 Å². The minimum absolute atomic E-state index is 0.346. The van der Waals surface area contributed by atoms with E-state index in [1.54, 1.807) is 6.92 Å². The Labute approximate surface area is 126 Å². The quantitative estimate of drug-likeness (QED) is 0.675. The van der Waals surface area contributed by atoms with Crippen molar-refractivity contribution >= 4 is 28.3 Å². The van der Waals surface area contributed by atoms with Crippen LogP contribution in [0.15, 0.2) is 28.7 Å². The molecule has 0 fully saturated rings. The Hall–Kier alpha value is -2.14. The molecule has 3 rings (SSSR count). The van der Waals surface area contributed by atoms with Crippen molar-refractivity contribution in [2.45, 2.75) is 20.8 Å². The Morgan fingerprint density at radius 3 is 2.86 bits per heavy atom. The van der Waals surface area contributed by atoms with E-state index in [2.05, 4.69) is 4.98 Å². The summed E-state index contributed by atoms with van der Waals surface area (Å²) in [5.74, 6) is 0.434. The lowest BCUT2D eigenvalue weighted by Crippen LogP contribution is -2.06. The van der Waals surface area contributed by atoms with Gasteiger partial charge >= 0.3 is 5.97 Å². The molecule has 0 spiro atoms. The molecule has 0 radical (unpaired) electrons. The summed E-state index contributed by atoms with van der Waals surface area (Å²) < 4.78 is 10.8. The number of benzene rings is 1. The van der Waals surface area contributed by atoms with Crippen LogP contribution in [0.5, 0.6) is 0 Å². The number of hydrogen-bond donors (Lipinski definition) is 0. The van der Waals surface area contributed by atoms with Crippen LogP contribution >= 0.6 is 11.3 Å². The number of hydrogen-bond acceptors (Lipinski definition) is 5. The van der Waals surface area contributed by atoms with Gasteiger partial charge in [-0.2, -0.15) is 0 Å². The molecule has 0 saturated carbocycles. The molecule has 5 heteroatoms. The highest BCUT2D eigenvalue weighted by Gasteiger charge is 2.21. The summed E-state index contributed by atoms with van der Waals surface area (Å²) in [6.07, 6.45) is 0. The topological polar surface area (TPSA) is 52.3 Å². The lowest BCUT2D eigenvalue weighted by molar-refractivity contribution is 0.0519. The summed E-state index contributed by atoms with van der Waals surface area (Å²) in [6, 6.07) is 7.83. The van der Waals surface area contributed by atoms with Crippen LogP contribution in [0.3, 0.4) is 0 Å². The van der Waals surface area contributed by atoms with Crippen molar-refractivity contribution in [2.24, 2.45) is 0 Å². The first-order valence-corrected chi connectivity index (χ1v) is 7.56. The lowest BCUT2D eigenvalue weighted by atomic mass is 10.1. The monoisotopic (exact) mass is 301 g/mol. The molecule has 2 heterocycles. The number of nitrogens with zero attached hydrogens (tertiary/aromatic N) is 1. The molecule has 0 aliphatic heterocycles. The van der Waals surface area contributed by atoms with Crippen LogP contribution in [-0.2, 0) is 4.74 Å². The second-order valence-corrected chi connectivity index (χ2v) is 5.88. The number of aromatic nitrogens is 1. The molecule has 108 valence electrons. The lowest BCUT2D eigenvalue weighted by Gasteiger charge is -1.98. The molecule has 1 aromatic carbocycles.